The van der Waals surface area contributed by atoms with Crippen LogP contribution in [0.2, 0.25) is 0 Å². The fourth-order valence-corrected chi connectivity index (χ4v) is 5.18. The van der Waals surface area contributed by atoms with E-state index >= 15 is 0 Å². The second kappa shape index (κ2) is 7.65. The fraction of sp³-hybridized carbons (Fsp3) is 0.688. The maximum Gasteiger partial charge on any atom is 0.246 e. The Labute approximate surface area is 154 Å². The van der Waals surface area contributed by atoms with E-state index in [9.17, 15) is 13.2 Å². The molecule has 26 heavy (non-hydrogen) atoms. The van der Waals surface area contributed by atoms with Crippen LogP contribution in [0.25, 0.3) is 0 Å². The molecule has 0 radical (unpaired) electrons. The lowest BCUT2D eigenvalue weighted by Gasteiger charge is -2.35. The molecule has 0 spiro atoms. The molecule has 144 valence electrons. The number of carbonyl (C=O) groups is 1. The Morgan fingerprint density at radius 1 is 1.42 bits per heavy atom. The summed E-state index contributed by atoms with van der Waals surface area (Å²) in [7, 11) is -1.07. The number of rotatable bonds is 4. The zero-order valence-electron chi connectivity index (χ0n) is 15.3. The number of piperazine rings is 1. The fourth-order valence-electron chi connectivity index (χ4n) is 3.33. The van der Waals surface area contributed by atoms with Gasteiger partial charge in [-0.15, -0.1) is 0 Å². The van der Waals surface area contributed by atoms with Crippen molar-refractivity contribution in [3.8, 4) is 0 Å². The van der Waals surface area contributed by atoms with E-state index in [-0.39, 0.29) is 29.9 Å². The van der Waals surface area contributed by atoms with E-state index in [1.54, 1.807) is 15.8 Å². The van der Waals surface area contributed by atoms with Gasteiger partial charge in [-0.25, -0.2) is 8.42 Å². The smallest absolute Gasteiger partial charge is 0.246 e. The van der Waals surface area contributed by atoms with Crippen molar-refractivity contribution in [1.82, 2.24) is 20.0 Å². The molecular weight excluding hydrogens is 356 g/mol. The second-order valence-electron chi connectivity index (χ2n) is 6.80. The summed E-state index contributed by atoms with van der Waals surface area (Å²) >= 11 is 0. The van der Waals surface area contributed by atoms with Gasteiger partial charge in [0.2, 0.25) is 5.91 Å². The molecule has 2 aliphatic heterocycles. The van der Waals surface area contributed by atoms with Crippen LogP contribution in [0.3, 0.4) is 0 Å². The molecule has 1 unspecified atom stereocenters. The van der Waals surface area contributed by atoms with Crippen molar-refractivity contribution in [2.45, 2.75) is 13.3 Å². The molecule has 2 saturated heterocycles. The standard InChI is InChI=1S/C16H26N6O3S/c1-3-17-16(18-8-13-4-7-26(24,25)12-13)21-5-6-22(15(23)11-21)14-9-19-20(2)10-14/h9-10,13H,3-8,11-12H2,1-2H3,(H,17,18). The third-order valence-electron chi connectivity index (χ3n) is 4.68. The monoisotopic (exact) mass is 382 g/mol. The summed E-state index contributed by atoms with van der Waals surface area (Å²) in [5, 5.41) is 7.33. The molecule has 2 aliphatic rings. The Morgan fingerprint density at radius 3 is 2.81 bits per heavy atom. The molecule has 0 saturated carbocycles. The highest BCUT2D eigenvalue weighted by molar-refractivity contribution is 7.91. The first-order valence-corrected chi connectivity index (χ1v) is 10.7. The minimum absolute atomic E-state index is 0.00158. The van der Waals surface area contributed by atoms with Gasteiger partial charge >= 0.3 is 0 Å². The lowest BCUT2D eigenvalue weighted by Crippen LogP contribution is -2.55. The average molecular weight is 382 g/mol. The van der Waals surface area contributed by atoms with Crippen LogP contribution in [-0.2, 0) is 21.7 Å². The van der Waals surface area contributed by atoms with Crippen LogP contribution in [-0.4, -0.2) is 79.2 Å². The van der Waals surface area contributed by atoms with Crippen LogP contribution < -0.4 is 10.2 Å². The predicted molar refractivity (Wildman–Crippen MR) is 99.9 cm³/mol. The summed E-state index contributed by atoms with van der Waals surface area (Å²) in [5.41, 5.74) is 0.801. The van der Waals surface area contributed by atoms with Crippen LogP contribution in [0.4, 0.5) is 5.69 Å². The highest BCUT2D eigenvalue weighted by Gasteiger charge is 2.30. The summed E-state index contributed by atoms with van der Waals surface area (Å²) in [6, 6.07) is 0. The average Bonchev–Trinajstić information content (AvgIpc) is 3.16. The molecule has 2 fully saturated rings. The van der Waals surface area contributed by atoms with Gasteiger partial charge < -0.3 is 15.1 Å². The van der Waals surface area contributed by atoms with Crippen molar-refractivity contribution in [2.24, 2.45) is 18.0 Å². The number of hydrogen-bond donors (Lipinski definition) is 1. The van der Waals surface area contributed by atoms with Gasteiger partial charge in [-0.05, 0) is 19.3 Å². The van der Waals surface area contributed by atoms with Crippen LogP contribution >= 0.6 is 0 Å². The minimum Gasteiger partial charge on any atom is -0.357 e. The highest BCUT2D eigenvalue weighted by Crippen LogP contribution is 2.19. The first-order chi connectivity index (χ1) is 12.4. The number of nitrogens with zero attached hydrogens (tertiary/aromatic N) is 5. The minimum atomic E-state index is -2.90. The van der Waals surface area contributed by atoms with Crippen LogP contribution in [0, 0.1) is 5.92 Å². The lowest BCUT2D eigenvalue weighted by molar-refractivity contribution is -0.120. The van der Waals surface area contributed by atoms with E-state index in [0.717, 1.165) is 5.69 Å². The zero-order chi connectivity index (χ0) is 18.7. The number of nitrogens with one attached hydrogen (secondary N) is 1. The molecule has 1 amide bonds. The van der Waals surface area contributed by atoms with E-state index in [4.69, 9.17) is 0 Å². The number of aliphatic imine (C=N–C) groups is 1. The van der Waals surface area contributed by atoms with E-state index in [1.165, 1.54) is 0 Å². The Bertz CT molecular complexity index is 788. The maximum atomic E-state index is 12.6. The number of guanidine groups is 1. The summed E-state index contributed by atoms with van der Waals surface area (Å²) in [6.45, 7) is 4.60. The van der Waals surface area contributed by atoms with Crippen molar-refractivity contribution >= 4 is 27.4 Å². The molecule has 0 bridgehead atoms. The summed E-state index contributed by atoms with van der Waals surface area (Å²) in [5.74, 6) is 1.21. The van der Waals surface area contributed by atoms with Gasteiger partial charge in [0.05, 0.1) is 23.4 Å². The molecule has 1 aromatic heterocycles. The van der Waals surface area contributed by atoms with Crippen molar-refractivity contribution in [1.29, 1.82) is 0 Å². The van der Waals surface area contributed by atoms with E-state index in [1.807, 2.05) is 25.1 Å². The van der Waals surface area contributed by atoms with Gasteiger partial charge in [-0.2, -0.15) is 5.10 Å². The molecule has 0 aromatic carbocycles. The number of aryl methyl sites for hydroxylation is 1. The van der Waals surface area contributed by atoms with Gasteiger partial charge in [0.15, 0.2) is 15.8 Å². The van der Waals surface area contributed by atoms with Crippen molar-refractivity contribution in [3.63, 3.8) is 0 Å². The molecule has 1 N–H and O–H groups in total. The van der Waals surface area contributed by atoms with E-state index < -0.39 is 9.84 Å². The summed E-state index contributed by atoms with van der Waals surface area (Å²) in [4.78, 5) is 20.8. The van der Waals surface area contributed by atoms with Crippen LogP contribution in [0.1, 0.15) is 13.3 Å². The molecule has 9 nitrogen and oxygen atoms in total. The molecular formula is C16H26N6O3S. The third kappa shape index (κ3) is 4.35. The number of aromatic nitrogens is 2. The van der Waals surface area contributed by atoms with Crippen molar-refractivity contribution < 1.29 is 13.2 Å². The van der Waals surface area contributed by atoms with Crippen molar-refractivity contribution in [2.75, 3.05) is 49.1 Å². The Kier molecular flexibility index (Phi) is 5.49. The quantitative estimate of drug-likeness (QED) is 0.555. The number of amides is 1. The van der Waals surface area contributed by atoms with Crippen LogP contribution in [0.5, 0.6) is 0 Å². The largest absolute Gasteiger partial charge is 0.357 e. The van der Waals surface area contributed by atoms with Gasteiger partial charge in [0, 0.05) is 39.4 Å². The normalized spacial score (nSPS) is 23.5. The van der Waals surface area contributed by atoms with E-state index in [0.29, 0.717) is 38.6 Å². The molecule has 10 heteroatoms. The Morgan fingerprint density at radius 2 is 2.23 bits per heavy atom. The number of carbonyl (C=O) groups excluding carboxylic acids is 1. The summed E-state index contributed by atoms with van der Waals surface area (Å²) < 4.78 is 24.9. The molecule has 1 aromatic rings. The molecule has 0 aliphatic carbocycles. The highest BCUT2D eigenvalue weighted by atomic mass is 32.2. The van der Waals surface area contributed by atoms with Gasteiger partial charge in [0.25, 0.3) is 0 Å². The SMILES string of the molecule is CCNC(=NCC1CCS(=O)(=O)C1)N1CCN(c2cnn(C)c2)C(=O)C1. The molecule has 3 rings (SSSR count). The lowest BCUT2D eigenvalue weighted by atomic mass is 10.1. The van der Waals surface area contributed by atoms with Crippen molar-refractivity contribution in [3.05, 3.63) is 12.4 Å². The molecule has 1 atom stereocenters. The maximum absolute atomic E-state index is 12.6. The third-order valence-corrected chi connectivity index (χ3v) is 6.52. The first-order valence-electron chi connectivity index (χ1n) is 8.90. The van der Waals surface area contributed by atoms with Gasteiger partial charge in [-0.3, -0.25) is 14.5 Å². The molecule has 3 heterocycles. The van der Waals surface area contributed by atoms with E-state index in [2.05, 4.69) is 15.4 Å². The van der Waals surface area contributed by atoms with Crippen LogP contribution in [0.15, 0.2) is 17.4 Å². The first kappa shape index (κ1) is 18.7. The Hall–Kier alpha value is -2.10. The second-order valence-corrected chi connectivity index (χ2v) is 9.03. The number of hydrogen-bond acceptors (Lipinski definition) is 5. The topological polar surface area (TPSA) is 99.9 Å². The van der Waals surface area contributed by atoms with Gasteiger partial charge in [-0.1, -0.05) is 0 Å². The van der Waals surface area contributed by atoms with Gasteiger partial charge in [0.1, 0.15) is 6.54 Å². The predicted octanol–water partition coefficient (Wildman–Crippen LogP) is -0.531. The Balaban J connectivity index is 1.64. The number of anilines is 1. The summed E-state index contributed by atoms with van der Waals surface area (Å²) in [6.07, 6.45) is 4.18. The zero-order valence-corrected chi connectivity index (χ0v) is 16.1. The number of sulfone groups is 1.